The molecule has 3 rings (SSSR count). The molecule has 0 unspecified atom stereocenters. The molecule has 0 bridgehead atoms. The van der Waals surface area contributed by atoms with E-state index in [0.717, 1.165) is 17.7 Å². The predicted octanol–water partition coefficient (Wildman–Crippen LogP) is 5.04. The van der Waals surface area contributed by atoms with E-state index in [0.29, 0.717) is 19.4 Å². The maximum absolute atomic E-state index is 13.2. The molecule has 2 aromatic carbocycles. The van der Waals surface area contributed by atoms with Gasteiger partial charge in [-0.15, -0.1) is 0 Å². The second-order valence-electron chi connectivity index (χ2n) is 6.14. The van der Waals surface area contributed by atoms with Gasteiger partial charge in [0, 0.05) is 18.5 Å². The summed E-state index contributed by atoms with van der Waals surface area (Å²) in [6, 6.07) is 16.2. The molecule has 1 nitrogen and oxygen atoms in total. The van der Waals surface area contributed by atoms with Gasteiger partial charge >= 0.3 is 0 Å². The fraction of sp³-hybridized carbons (Fsp3) is 0.368. The molecule has 23 heavy (non-hydrogen) atoms. The van der Waals surface area contributed by atoms with Crippen LogP contribution in [0.25, 0.3) is 0 Å². The van der Waals surface area contributed by atoms with Crippen LogP contribution in [0.4, 0.5) is 13.2 Å². The van der Waals surface area contributed by atoms with Crippen molar-refractivity contribution < 1.29 is 13.2 Å². The van der Waals surface area contributed by atoms with Crippen LogP contribution in [-0.4, -0.2) is 17.9 Å². The maximum atomic E-state index is 13.2. The van der Waals surface area contributed by atoms with Crippen molar-refractivity contribution in [2.75, 3.05) is 6.54 Å². The molecule has 0 aliphatic carbocycles. The molecule has 2 aromatic rings. The van der Waals surface area contributed by atoms with Crippen LogP contribution in [0.2, 0.25) is 0 Å². The number of halogens is 3. The molecule has 0 spiro atoms. The first kappa shape index (κ1) is 16.1. The number of hydrogen-bond donors (Lipinski definition) is 0. The molecular formula is C19H20F3N. The fourth-order valence-electron chi connectivity index (χ4n) is 3.31. The van der Waals surface area contributed by atoms with Crippen LogP contribution in [0.15, 0.2) is 54.6 Å². The van der Waals surface area contributed by atoms with Gasteiger partial charge in [-0.1, -0.05) is 42.5 Å². The number of hydrogen-bond acceptors (Lipinski definition) is 1. The molecule has 1 heterocycles. The zero-order valence-electron chi connectivity index (χ0n) is 12.8. The Hall–Kier alpha value is -1.81. The SMILES string of the molecule is Fc1ccc([C@@H]2C[C@H](C(F)F)CCN2Cc2ccccc2)cc1. The van der Waals surface area contributed by atoms with E-state index >= 15 is 0 Å². The van der Waals surface area contributed by atoms with Crippen molar-refractivity contribution in [3.63, 3.8) is 0 Å². The molecule has 0 aromatic heterocycles. The molecule has 1 aliphatic heterocycles. The normalized spacial score (nSPS) is 22.4. The van der Waals surface area contributed by atoms with E-state index in [9.17, 15) is 13.2 Å². The van der Waals surface area contributed by atoms with Gasteiger partial charge in [0.05, 0.1) is 0 Å². The standard InChI is InChI=1S/C19H20F3N/c20-17-8-6-15(7-9-17)18-12-16(19(21)22)10-11-23(18)13-14-4-2-1-3-5-14/h1-9,16,18-19H,10-13H2/t16-,18+/m1/s1. The number of piperidine rings is 1. The minimum Gasteiger partial charge on any atom is -0.292 e. The lowest BCUT2D eigenvalue weighted by Gasteiger charge is -2.39. The smallest absolute Gasteiger partial charge is 0.241 e. The van der Waals surface area contributed by atoms with Crippen LogP contribution in [0.3, 0.4) is 0 Å². The van der Waals surface area contributed by atoms with Crippen molar-refractivity contribution in [2.45, 2.75) is 31.9 Å². The second kappa shape index (κ2) is 7.18. The van der Waals surface area contributed by atoms with Gasteiger partial charge < -0.3 is 0 Å². The van der Waals surface area contributed by atoms with E-state index in [1.165, 1.54) is 12.1 Å². The molecule has 122 valence electrons. The minimum absolute atomic E-state index is 0.0939. The Bertz CT molecular complexity index is 612. The zero-order valence-corrected chi connectivity index (χ0v) is 12.8. The number of benzene rings is 2. The van der Waals surface area contributed by atoms with E-state index in [1.807, 2.05) is 30.3 Å². The Morgan fingerprint density at radius 1 is 1.00 bits per heavy atom. The van der Waals surface area contributed by atoms with E-state index in [1.54, 1.807) is 12.1 Å². The lowest BCUT2D eigenvalue weighted by Crippen LogP contribution is -2.38. The zero-order chi connectivity index (χ0) is 16.2. The number of rotatable bonds is 4. The monoisotopic (exact) mass is 319 g/mol. The molecule has 1 fully saturated rings. The molecule has 0 amide bonds. The van der Waals surface area contributed by atoms with Crippen LogP contribution in [0.1, 0.15) is 30.0 Å². The van der Waals surface area contributed by atoms with Crippen molar-refractivity contribution in [3.8, 4) is 0 Å². The molecule has 1 saturated heterocycles. The summed E-state index contributed by atoms with van der Waals surface area (Å²) in [6.07, 6.45) is -1.38. The van der Waals surface area contributed by atoms with Crippen LogP contribution in [0, 0.1) is 11.7 Å². The maximum Gasteiger partial charge on any atom is 0.241 e. The summed E-state index contributed by atoms with van der Waals surface area (Å²) in [5.74, 6) is -0.887. The molecule has 1 aliphatic rings. The highest BCUT2D eigenvalue weighted by Crippen LogP contribution is 2.37. The van der Waals surface area contributed by atoms with Gasteiger partial charge in [-0.25, -0.2) is 13.2 Å². The Kier molecular flexibility index (Phi) is 5.01. The Morgan fingerprint density at radius 2 is 1.70 bits per heavy atom. The number of likely N-dealkylation sites (tertiary alicyclic amines) is 1. The van der Waals surface area contributed by atoms with Crippen molar-refractivity contribution in [3.05, 3.63) is 71.5 Å². The Balaban J connectivity index is 1.82. The van der Waals surface area contributed by atoms with Gasteiger partial charge in [-0.2, -0.15) is 0 Å². The van der Waals surface area contributed by atoms with Crippen LogP contribution in [0.5, 0.6) is 0 Å². The van der Waals surface area contributed by atoms with Gasteiger partial charge in [0.25, 0.3) is 0 Å². The summed E-state index contributed by atoms with van der Waals surface area (Å²) < 4.78 is 39.5. The first-order valence-electron chi connectivity index (χ1n) is 7.95. The van der Waals surface area contributed by atoms with Crippen LogP contribution >= 0.6 is 0 Å². The summed E-state index contributed by atoms with van der Waals surface area (Å²) >= 11 is 0. The molecule has 0 radical (unpaired) electrons. The van der Waals surface area contributed by atoms with E-state index in [4.69, 9.17) is 0 Å². The van der Waals surface area contributed by atoms with Crippen molar-refractivity contribution >= 4 is 0 Å². The van der Waals surface area contributed by atoms with Crippen molar-refractivity contribution in [2.24, 2.45) is 5.92 Å². The predicted molar refractivity (Wildman–Crippen MR) is 84.7 cm³/mol. The minimum atomic E-state index is -2.29. The summed E-state index contributed by atoms with van der Waals surface area (Å²) in [6.45, 7) is 1.35. The third kappa shape index (κ3) is 3.94. The Morgan fingerprint density at radius 3 is 2.35 bits per heavy atom. The van der Waals surface area contributed by atoms with Crippen LogP contribution < -0.4 is 0 Å². The topological polar surface area (TPSA) is 3.24 Å². The van der Waals surface area contributed by atoms with E-state index in [2.05, 4.69) is 4.90 Å². The molecular weight excluding hydrogens is 299 g/mol. The third-order valence-electron chi connectivity index (χ3n) is 4.59. The van der Waals surface area contributed by atoms with Crippen molar-refractivity contribution in [1.82, 2.24) is 4.90 Å². The van der Waals surface area contributed by atoms with E-state index < -0.39 is 12.3 Å². The quantitative estimate of drug-likeness (QED) is 0.763. The number of alkyl halides is 2. The highest BCUT2D eigenvalue weighted by molar-refractivity contribution is 5.22. The highest BCUT2D eigenvalue weighted by atomic mass is 19.3. The van der Waals surface area contributed by atoms with Gasteiger partial charge in [0.15, 0.2) is 0 Å². The molecule has 4 heteroatoms. The summed E-state index contributed by atoms with van der Waals surface area (Å²) in [7, 11) is 0. The molecule has 0 saturated carbocycles. The fourth-order valence-corrected chi connectivity index (χ4v) is 3.31. The first-order chi connectivity index (χ1) is 11.1. The second-order valence-corrected chi connectivity index (χ2v) is 6.14. The van der Waals surface area contributed by atoms with Gasteiger partial charge in [-0.05, 0) is 42.6 Å². The van der Waals surface area contributed by atoms with Gasteiger partial charge in [-0.3, -0.25) is 4.90 Å². The number of nitrogens with zero attached hydrogens (tertiary/aromatic N) is 1. The van der Waals surface area contributed by atoms with Gasteiger partial charge in [0.1, 0.15) is 5.82 Å². The Labute approximate surface area is 134 Å². The summed E-state index contributed by atoms with van der Waals surface area (Å²) in [4.78, 5) is 2.22. The van der Waals surface area contributed by atoms with E-state index in [-0.39, 0.29) is 11.9 Å². The summed E-state index contributed by atoms with van der Waals surface area (Å²) in [5, 5.41) is 0. The van der Waals surface area contributed by atoms with Crippen LogP contribution in [-0.2, 0) is 6.54 Å². The molecule has 2 atom stereocenters. The average Bonchev–Trinajstić information content (AvgIpc) is 2.57. The lowest BCUT2D eigenvalue weighted by molar-refractivity contribution is 0.00727. The lowest BCUT2D eigenvalue weighted by atomic mass is 9.87. The average molecular weight is 319 g/mol. The first-order valence-corrected chi connectivity index (χ1v) is 7.95. The molecule has 0 N–H and O–H groups in total. The van der Waals surface area contributed by atoms with Gasteiger partial charge in [0.2, 0.25) is 6.43 Å². The van der Waals surface area contributed by atoms with Crippen molar-refractivity contribution in [1.29, 1.82) is 0 Å². The summed E-state index contributed by atoms with van der Waals surface area (Å²) in [5.41, 5.74) is 2.07. The largest absolute Gasteiger partial charge is 0.292 e. The third-order valence-corrected chi connectivity index (χ3v) is 4.59. The highest BCUT2D eigenvalue weighted by Gasteiger charge is 2.33.